The van der Waals surface area contributed by atoms with Crippen LogP contribution in [0.5, 0.6) is 0 Å². The van der Waals surface area contributed by atoms with Gasteiger partial charge in [0.05, 0.1) is 28.7 Å². The Balaban J connectivity index is 1.58. The molecule has 1 aliphatic heterocycles. The molecular formula is C19H19F3N6O. The second-order valence-corrected chi connectivity index (χ2v) is 7.06. The summed E-state index contributed by atoms with van der Waals surface area (Å²) in [4.78, 5) is 19.0. The van der Waals surface area contributed by atoms with Crippen LogP contribution in [-0.4, -0.2) is 48.9 Å². The first-order valence-electron chi connectivity index (χ1n) is 9.21. The predicted octanol–water partition coefficient (Wildman–Crippen LogP) is 3.34. The van der Waals surface area contributed by atoms with Crippen LogP contribution in [-0.2, 0) is 6.18 Å². The topological polar surface area (TPSA) is 79.7 Å². The van der Waals surface area contributed by atoms with Gasteiger partial charge in [-0.15, -0.1) is 0 Å². The number of carbonyl (C=O) groups is 1. The minimum absolute atomic E-state index is 0.0778. The van der Waals surface area contributed by atoms with Crippen LogP contribution in [0.15, 0.2) is 36.8 Å². The normalized spacial score (nSPS) is 17.5. The Labute approximate surface area is 164 Å². The summed E-state index contributed by atoms with van der Waals surface area (Å²) in [6, 6.07) is 4.89. The molecular weight excluding hydrogens is 385 g/mol. The van der Waals surface area contributed by atoms with Crippen molar-refractivity contribution in [3.05, 3.63) is 59.4 Å². The fraction of sp³-hybridized carbons (Fsp3) is 0.368. The number of likely N-dealkylation sites (tertiary alicyclic amines) is 1. The second-order valence-electron chi connectivity index (χ2n) is 7.06. The third-order valence-electron chi connectivity index (χ3n) is 5.19. The van der Waals surface area contributed by atoms with Crippen molar-refractivity contribution in [3.8, 4) is 5.69 Å². The number of alkyl halides is 3. The lowest BCUT2D eigenvalue weighted by Crippen LogP contribution is -2.39. The zero-order valence-corrected chi connectivity index (χ0v) is 15.6. The zero-order valence-electron chi connectivity index (χ0n) is 15.6. The standard InChI is InChI=1S/C19H19F3N6O/c1-12-16(9-25-28(12)15-6-2-5-14(8-15)19(20,21)22)18(29)27-7-3-4-13(10-27)17-23-11-24-26-17/h2,5-6,8-9,11,13H,3-4,7,10H2,1H3,(H,23,24,26)/t13-/m1/s1. The van der Waals surface area contributed by atoms with E-state index in [1.807, 2.05) is 0 Å². The molecule has 0 bridgehead atoms. The third-order valence-corrected chi connectivity index (χ3v) is 5.19. The molecule has 0 unspecified atom stereocenters. The highest BCUT2D eigenvalue weighted by Crippen LogP contribution is 2.31. The van der Waals surface area contributed by atoms with Crippen LogP contribution in [0.2, 0.25) is 0 Å². The summed E-state index contributed by atoms with van der Waals surface area (Å²) in [6.07, 6.45) is 0.147. The minimum Gasteiger partial charge on any atom is -0.338 e. The molecule has 152 valence electrons. The van der Waals surface area contributed by atoms with Gasteiger partial charge < -0.3 is 4.90 Å². The van der Waals surface area contributed by atoms with Crippen LogP contribution >= 0.6 is 0 Å². The highest BCUT2D eigenvalue weighted by atomic mass is 19.4. The lowest BCUT2D eigenvalue weighted by atomic mass is 9.97. The number of aromatic amines is 1. The van der Waals surface area contributed by atoms with E-state index in [1.165, 1.54) is 29.3 Å². The van der Waals surface area contributed by atoms with Gasteiger partial charge in [0.2, 0.25) is 0 Å². The van der Waals surface area contributed by atoms with Gasteiger partial charge in [-0.05, 0) is 38.0 Å². The van der Waals surface area contributed by atoms with Gasteiger partial charge in [0.25, 0.3) is 5.91 Å². The van der Waals surface area contributed by atoms with Crippen molar-refractivity contribution >= 4 is 5.91 Å². The number of piperidine rings is 1. The summed E-state index contributed by atoms with van der Waals surface area (Å²) >= 11 is 0. The maximum atomic E-state index is 13.1. The number of aromatic nitrogens is 5. The van der Waals surface area contributed by atoms with Crippen molar-refractivity contribution in [2.75, 3.05) is 13.1 Å². The van der Waals surface area contributed by atoms with E-state index < -0.39 is 11.7 Å². The van der Waals surface area contributed by atoms with Gasteiger partial charge in [0.1, 0.15) is 12.2 Å². The molecule has 1 aliphatic rings. The van der Waals surface area contributed by atoms with Gasteiger partial charge in [-0.3, -0.25) is 9.89 Å². The Morgan fingerprint density at radius 3 is 2.86 bits per heavy atom. The van der Waals surface area contributed by atoms with Gasteiger partial charge >= 0.3 is 6.18 Å². The minimum atomic E-state index is -4.45. The molecule has 3 heterocycles. The molecule has 0 saturated carbocycles. The Hall–Kier alpha value is -3.17. The number of hydrogen-bond donors (Lipinski definition) is 1. The molecule has 1 N–H and O–H groups in total. The van der Waals surface area contributed by atoms with E-state index in [2.05, 4.69) is 20.3 Å². The molecule has 7 nitrogen and oxygen atoms in total. The first kappa shape index (κ1) is 19.2. The van der Waals surface area contributed by atoms with Gasteiger partial charge in [-0.25, -0.2) is 9.67 Å². The van der Waals surface area contributed by atoms with Crippen molar-refractivity contribution in [1.29, 1.82) is 0 Å². The molecule has 0 aliphatic carbocycles. The zero-order chi connectivity index (χ0) is 20.6. The van der Waals surface area contributed by atoms with E-state index in [0.29, 0.717) is 24.3 Å². The Morgan fingerprint density at radius 2 is 2.14 bits per heavy atom. The summed E-state index contributed by atoms with van der Waals surface area (Å²) in [5, 5.41) is 10.9. The Kier molecular flexibility index (Phi) is 4.85. The number of nitrogens with zero attached hydrogens (tertiary/aromatic N) is 5. The van der Waals surface area contributed by atoms with E-state index in [4.69, 9.17) is 0 Å². The number of hydrogen-bond acceptors (Lipinski definition) is 4. The Bertz CT molecular complexity index is 1010. The summed E-state index contributed by atoms with van der Waals surface area (Å²) in [7, 11) is 0. The predicted molar refractivity (Wildman–Crippen MR) is 97.6 cm³/mol. The molecule has 0 radical (unpaired) electrons. The summed E-state index contributed by atoms with van der Waals surface area (Å²) in [5.74, 6) is 0.637. The third kappa shape index (κ3) is 3.74. The first-order chi connectivity index (χ1) is 13.8. The quantitative estimate of drug-likeness (QED) is 0.726. The maximum Gasteiger partial charge on any atom is 0.416 e. The maximum absolute atomic E-state index is 13.1. The molecule has 1 aromatic carbocycles. The molecule has 29 heavy (non-hydrogen) atoms. The van der Waals surface area contributed by atoms with Crippen LogP contribution < -0.4 is 0 Å². The van der Waals surface area contributed by atoms with Crippen molar-refractivity contribution in [3.63, 3.8) is 0 Å². The molecule has 1 fully saturated rings. The largest absolute Gasteiger partial charge is 0.416 e. The van der Waals surface area contributed by atoms with Crippen LogP contribution in [0.4, 0.5) is 13.2 Å². The van der Waals surface area contributed by atoms with Gasteiger partial charge in [-0.1, -0.05) is 6.07 Å². The number of rotatable bonds is 3. The van der Waals surface area contributed by atoms with Crippen LogP contribution in [0, 0.1) is 6.92 Å². The average molecular weight is 404 g/mol. The van der Waals surface area contributed by atoms with E-state index in [-0.39, 0.29) is 17.5 Å². The van der Waals surface area contributed by atoms with E-state index in [1.54, 1.807) is 11.8 Å². The number of carbonyl (C=O) groups excluding carboxylic acids is 1. The van der Waals surface area contributed by atoms with Crippen molar-refractivity contribution in [2.24, 2.45) is 0 Å². The van der Waals surface area contributed by atoms with Crippen LogP contribution in [0.3, 0.4) is 0 Å². The van der Waals surface area contributed by atoms with Crippen LogP contribution in [0.25, 0.3) is 5.69 Å². The molecule has 0 spiro atoms. The fourth-order valence-corrected chi connectivity index (χ4v) is 3.66. The lowest BCUT2D eigenvalue weighted by Gasteiger charge is -2.31. The second kappa shape index (κ2) is 7.34. The van der Waals surface area contributed by atoms with E-state index in [0.717, 1.165) is 30.8 Å². The first-order valence-corrected chi connectivity index (χ1v) is 9.21. The fourth-order valence-electron chi connectivity index (χ4n) is 3.66. The van der Waals surface area contributed by atoms with Crippen molar-refractivity contribution < 1.29 is 18.0 Å². The Morgan fingerprint density at radius 1 is 1.31 bits per heavy atom. The lowest BCUT2D eigenvalue weighted by molar-refractivity contribution is -0.137. The van der Waals surface area contributed by atoms with Crippen LogP contribution in [0.1, 0.15) is 46.2 Å². The number of nitrogens with one attached hydrogen (secondary N) is 1. The number of halogens is 3. The molecule has 1 atom stereocenters. The number of benzene rings is 1. The SMILES string of the molecule is Cc1c(C(=O)N2CCC[C@@H](c3ncn[nH]3)C2)cnn1-c1cccc(C(F)(F)F)c1. The summed E-state index contributed by atoms with van der Waals surface area (Å²) in [5.41, 5.74) is 0.370. The van der Waals surface area contributed by atoms with E-state index >= 15 is 0 Å². The number of amides is 1. The summed E-state index contributed by atoms with van der Waals surface area (Å²) < 4.78 is 40.4. The smallest absolute Gasteiger partial charge is 0.338 e. The molecule has 2 aromatic heterocycles. The van der Waals surface area contributed by atoms with Gasteiger partial charge in [0.15, 0.2) is 0 Å². The summed E-state index contributed by atoms with van der Waals surface area (Å²) in [6.45, 7) is 2.79. The van der Waals surface area contributed by atoms with Gasteiger partial charge in [-0.2, -0.15) is 23.4 Å². The molecule has 3 aromatic rings. The number of H-pyrrole nitrogens is 1. The van der Waals surface area contributed by atoms with Gasteiger partial charge in [0, 0.05) is 19.0 Å². The monoisotopic (exact) mass is 404 g/mol. The molecule has 4 rings (SSSR count). The van der Waals surface area contributed by atoms with Crippen molar-refractivity contribution in [2.45, 2.75) is 31.9 Å². The molecule has 1 amide bonds. The molecule has 10 heteroatoms. The highest BCUT2D eigenvalue weighted by Gasteiger charge is 2.31. The average Bonchev–Trinajstić information content (AvgIpc) is 3.37. The highest BCUT2D eigenvalue weighted by molar-refractivity contribution is 5.95. The van der Waals surface area contributed by atoms with Crippen molar-refractivity contribution in [1.82, 2.24) is 29.9 Å². The molecule has 1 saturated heterocycles. The van der Waals surface area contributed by atoms with E-state index in [9.17, 15) is 18.0 Å².